The van der Waals surface area contributed by atoms with Gasteiger partial charge in [-0.15, -0.1) is 0 Å². The van der Waals surface area contributed by atoms with Crippen LogP contribution in [0.15, 0.2) is 18.2 Å². The third-order valence-electron chi connectivity index (χ3n) is 2.55. The molecular formula is C12H11ClF3NO3. The van der Waals surface area contributed by atoms with Gasteiger partial charge < -0.3 is 10.4 Å². The van der Waals surface area contributed by atoms with Crippen LogP contribution in [0.3, 0.4) is 0 Å². The van der Waals surface area contributed by atoms with E-state index in [0.717, 1.165) is 12.1 Å². The van der Waals surface area contributed by atoms with Crippen LogP contribution in [-0.4, -0.2) is 23.0 Å². The number of carbonyl (C=O) groups is 2. The van der Waals surface area contributed by atoms with E-state index in [-0.39, 0.29) is 11.4 Å². The third kappa shape index (κ3) is 3.86. The largest absolute Gasteiger partial charge is 0.480 e. The predicted octanol–water partition coefficient (Wildman–Crippen LogP) is 2.95. The number of hydrogen-bond donors (Lipinski definition) is 2. The maximum Gasteiger partial charge on any atom is 0.416 e. The van der Waals surface area contributed by atoms with Crippen LogP contribution in [-0.2, 0) is 11.0 Å². The second-order valence-electron chi connectivity index (χ2n) is 3.96. The topological polar surface area (TPSA) is 66.4 Å². The Kier molecular flexibility index (Phi) is 4.99. The average Bonchev–Trinajstić information content (AvgIpc) is 2.34. The number of nitrogens with one attached hydrogen (secondary N) is 1. The molecule has 0 saturated carbocycles. The van der Waals surface area contributed by atoms with Crippen LogP contribution in [0.5, 0.6) is 0 Å². The zero-order chi connectivity index (χ0) is 15.5. The number of hydrogen-bond acceptors (Lipinski definition) is 2. The number of carboxylic acids is 1. The minimum Gasteiger partial charge on any atom is -0.480 e. The lowest BCUT2D eigenvalue weighted by atomic mass is 10.1. The lowest BCUT2D eigenvalue weighted by Gasteiger charge is -2.14. The highest BCUT2D eigenvalue weighted by molar-refractivity contribution is 6.33. The molecule has 0 aromatic heterocycles. The summed E-state index contributed by atoms with van der Waals surface area (Å²) in [5.74, 6) is -2.24. The van der Waals surface area contributed by atoms with E-state index in [2.05, 4.69) is 5.32 Å². The molecule has 0 aliphatic rings. The Labute approximate surface area is 117 Å². The van der Waals surface area contributed by atoms with Gasteiger partial charge in [0.25, 0.3) is 5.91 Å². The summed E-state index contributed by atoms with van der Waals surface area (Å²) in [5, 5.41) is 10.7. The smallest absolute Gasteiger partial charge is 0.416 e. The Balaban J connectivity index is 3.06. The van der Waals surface area contributed by atoms with Crippen LogP contribution in [0.25, 0.3) is 0 Å². The van der Waals surface area contributed by atoms with E-state index in [1.807, 2.05) is 0 Å². The van der Waals surface area contributed by atoms with Gasteiger partial charge in [0.15, 0.2) is 0 Å². The Morgan fingerprint density at radius 2 is 2.00 bits per heavy atom. The van der Waals surface area contributed by atoms with Gasteiger partial charge in [-0.2, -0.15) is 13.2 Å². The van der Waals surface area contributed by atoms with Crippen molar-refractivity contribution in [1.29, 1.82) is 0 Å². The van der Waals surface area contributed by atoms with Crippen LogP contribution in [0, 0.1) is 0 Å². The Morgan fingerprint density at radius 1 is 1.40 bits per heavy atom. The zero-order valence-electron chi connectivity index (χ0n) is 10.3. The first-order valence-corrected chi connectivity index (χ1v) is 5.95. The minimum atomic E-state index is -4.61. The van der Waals surface area contributed by atoms with Crippen molar-refractivity contribution in [3.05, 3.63) is 34.3 Å². The SMILES string of the molecule is CCC(NC(=O)c1cc(C(F)(F)F)ccc1Cl)C(=O)O. The molecule has 1 aromatic rings. The number of amides is 1. The average molecular weight is 310 g/mol. The molecule has 1 unspecified atom stereocenters. The van der Waals surface area contributed by atoms with Crippen molar-refractivity contribution < 1.29 is 27.9 Å². The number of alkyl halides is 3. The minimum absolute atomic E-state index is 0.0949. The van der Waals surface area contributed by atoms with E-state index in [1.54, 1.807) is 0 Å². The zero-order valence-corrected chi connectivity index (χ0v) is 11.0. The summed E-state index contributed by atoms with van der Waals surface area (Å²) < 4.78 is 37.7. The predicted molar refractivity (Wildman–Crippen MR) is 65.6 cm³/mol. The fourth-order valence-electron chi connectivity index (χ4n) is 1.45. The molecule has 1 aromatic carbocycles. The highest BCUT2D eigenvalue weighted by Gasteiger charge is 2.32. The molecule has 20 heavy (non-hydrogen) atoms. The van der Waals surface area contributed by atoms with E-state index in [1.165, 1.54) is 6.92 Å². The van der Waals surface area contributed by atoms with E-state index in [4.69, 9.17) is 16.7 Å². The molecule has 1 rings (SSSR count). The lowest BCUT2D eigenvalue weighted by molar-refractivity contribution is -0.139. The quantitative estimate of drug-likeness (QED) is 0.898. The molecule has 0 radical (unpaired) electrons. The first kappa shape index (κ1) is 16.3. The molecule has 0 heterocycles. The van der Waals surface area contributed by atoms with Gasteiger partial charge in [0.1, 0.15) is 6.04 Å². The van der Waals surface area contributed by atoms with Crippen molar-refractivity contribution in [3.8, 4) is 0 Å². The van der Waals surface area contributed by atoms with Crippen molar-refractivity contribution in [2.75, 3.05) is 0 Å². The molecule has 8 heteroatoms. The summed E-state index contributed by atoms with van der Waals surface area (Å²) in [4.78, 5) is 22.6. The molecule has 0 spiro atoms. The van der Waals surface area contributed by atoms with Gasteiger partial charge in [0, 0.05) is 0 Å². The molecule has 2 N–H and O–H groups in total. The molecule has 110 valence electrons. The number of benzene rings is 1. The van der Waals surface area contributed by atoms with Gasteiger partial charge in [0.05, 0.1) is 16.1 Å². The third-order valence-corrected chi connectivity index (χ3v) is 2.88. The second kappa shape index (κ2) is 6.13. The fraction of sp³-hybridized carbons (Fsp3) is 0.333. The van der Waals surface area contributed by atoms with Crippen molar-refractivity contribution >= 4 is 23.5 Å². The number of carbonyl (C=O) groups excluding carboxylic acids is 1. The van der Waals surface area contributed by atoms with Gasteiger partial charge in [-0.1, -0.05) is 18.5 Å². The molecule has 1 amide bonds. The van der Waals surface area contributed by atoms with E-state index < -0.39 is 35.2 Å². The van der Waals surface area contributed by atoms with Crippen LogP contribution in [0.1, 0.15) is 29.3 Å². The van der Waals surface area contributed by atoms with Gasteiger partial charge in [-0.25, -0.2) is 4.79 Å². The summed E-state index contributed by atoms with van der Waals surface area (Å²) in [6.07, 6.45) is -4.52. The first-order valence-electron chi connectivity index (χ1n) is 5.57. The molecule has 0 saturated heterocycles. The second-order valence-corrected chi connectivity index (χ2v) is 4.37. The normalized spacial score (nSPS) is 12.8. The Hall–Kier alpha value is -1.76. The van der Waals surface area contributed by atoms with Gasteiger partial charge in [0.2, 0.25) is 0 Å². The summed E-state index contributed by atoms with van der Waals surface area (Å²) in [6, 6.07) is 1.09. The van der Waals surface area contributed by atoms with Crippen LogP contribution >= 0.6 is 11.6 Å². The maximum absolute atomic E-state index is 12.6. The van der Waals surface area contributed by atoms with Crippen molar-refractivity contribution in [3.63, 3.8) is 0 Å². The Morgan fingerprint density at radius 3 is 2.45 bits per heavy atom. The molecule has 4 nitrogen and oxygen atoms in total. The highest BCUT2D eigenvalue weighted by atomic mass is 35.5. The maximum atomic E-state index is 12.6. The van der Waals surface area contributed by atoms with Crippen molar-refractivity contribution in [2.24, 2.45) is 0 Å². The Bertz CT molecular complexity index is 531. The molecule has 0 fully saturated rings. The van der Waals surface area contributed by atoms with Crippen molar-refractivity contribution in [1.82, 2.24) is 5.32 Å². The fourth-order valence-corrected chi connectivity index (χ4v) is 1.65. The van der Waals surface area contributed by atoms with Crippen LogP contribution < -0.4 is 5.32 Å². The monoisotopic (exact) mass is 309 g/mol. The summed E-state index contributed by atoms with van der Waals surface area (Å²) >= 11 is 5.67. The van der Waals surface area contributed by atoms with E-state index in [0.29, 0.717) is 6.07 Å². The molecule has 0 aliphatic heterocycles. The van der Waals surface area contributed by atoms with Gasteiger partial charge >= 0.3 is 12.1 Å². The number of carboxylic acid groups (broad SMARTS) is 1. The summed E-state index contributed by atoms with van der Waals surface area (Å²) in [6.45, 7) is 1.52. The standard InChI is InChI=1S/C12H11ClF3NO3/c1-2-9(11(19)20)17-10(18)7-5-6(12(14,15)16)3-4-8(7)13/h3-5,9H,2H2,1H3,(H,17,18)(H,19,20). The molecule has 0 aliphatic carbocycles. The van der Waals surface area contributed by atoms with Gasteiger partial charge in [-0.3, -0.25) is 4.79 Å². The first-order chi connectivity index (χ1) is 9.16. The van der Waals surface area contributed by atoms with E-state index >= 15 is 0 Å². The highest BCUT2D eigenvalue weighted by Crippen LogP contribution is 2.31. The lowest BCUT2D eigenvalue weighted by Crippen LogP contribution is -2.40. The summed E-state index contributed by atoms with van der Waals surface area (Å²) in [5.41, 5.74) is -1.45. The van der Waals surface area contributed by atoms with Crippen LogP contribution in [0.2, 0.25) is 5.02 Å². The van der Waals surface area contributed by atoms with E-state index in [9.17, 15) is 22.8 Å². The van der Waals surface area contributed by atoms with Crippen LogP contribution in [0.4, 0.5) is 13.2 Å². The molecule has 1 atom stereocenters. The number of aliphatic carboxylic acids is 1. The number of halogens is 4. The molecule has 0 bridgehead atoms. The van der Waals surface area contributed by atoms with Gasteiger partial charge in [-0.05, 0) is 24.6 Å². The van der Waals surface area contributed by atoms with Crippen molar-refractivity contribution in [2.45, 2.75) is 25.6 Å². The number of rotatable bonds is 4. The summed E-state index contributed by atoms with van der Waals surface area (Å²) in [7, 11) is 0. The molecular weight excluding hydrogens is 299 g/mol.